The SMILES string of the molecule is P[C@H](c1ccccn1)[C@@H](P)c1ccccn1. The Labute approximate surface area is 100 Å². The second kappa shape index (κ2) is 5.48. The maximum Gasteiger partial charge on any atom is 0.0482 e. The number of hydrogen-bond donors (Lipinski definition) is 0. The van der Waals surface area contributed by atoms with Crippen molar-refractivity contribution in [2.24, 2.45) is 0 Å². The summed E-state index contributed by atoms with van der Waals surface area (Å²) in [5.74, 6) is 0. The van der Waals surface area contributed by atoms with E-state index in [-0.39, 0.29) is 11.3 Å². The Morgan fingerprint density at radius 3 is 1.50 bits per heavy atom. The van der Waals surface area contributed by atoms with Gasteiger partial charge in [0, 0.05) is 35.1 Å². The van der Waals surface area contributed by atoms with Crippen LogP contribution in [0.25, 0.3) is 0 Å². The predicted octanol–water partition coefficient (Wildman–Crippen LogP) is 3.01. The summed E-state index contributed by atoms with van der Waals surface area (Å²) in [6, 6.07) is 12.0. The standard InChI is InChI=1S/C12H14N2P2/c15-11(9-5-1-3-7-13-9)12(16)10-6-2-4-8-14-10/h1-8,11-12H,15-16H2/t11-,12+. The third-order valence-electron chi connectivity index (χ3n) is 2.45. The first-order chi connectivity index (χ1) is 7.79. The summed E-state index contributed by atoms with van der Waals surface area (Å²) in [6.07, 6.45) is 3.64. The molecule has 2 rings (SSSR count). The van der Waals surface area contributed by atoms with E-state index in [0.29, 0.717) is 0 Å². The molecule has 0 amide bonds. The van der Waals surface area contributed by atoms with Gasteiger partial charge in [-0.2, -0.15) is 0 Å². The second-order valence-corrected chi connectivity index (χ2v) is 5.00. The van der Waals surface area contributed by atoms with Gasteiger partial charge in [-0.15, -0.1) is 18.5 Å². The molecule has 82 valence electrons. The van der Waals surface area contributed by atoms with Crippen LogP contribution in [0.15, 0.2) is 48.8 Å². The van der Waals surface area contributed by atoms with Crippen molar-refractivity contribution in [3.05, 3.63) is 60.2 Å². The normalized spacial score (nSPS) is 14.4. The Kier molecular flexibility index (Phi) is 3.98. The summed E-state index contributed by atoms with van der Waals surface area (Å²) in [5.41, 5.74) is 2.67. The minimum Gasteiger partial charge on any atom is -0.261 e. The molecule has 0 aliphatic rings. The first-order valence-corrected chi connectivity index (χ1v) is 6.45. The summed E-state index contributed by atoms with van der Waals surface area (Å²) in [7, 11) is 5.67. The van der Waals surface area contributed by atoms with Crippen LogP contribution >= 0.6 is 18.5 Å². The highest BCUT2D eigenvalue weighted by molar-refractivity contribution is 7.22. The summed E-state index contributed by atoms with van der Waals surface area (Å²) in [6.45, 7) is 0. The first kappa shape index (κ1) is 11.6. The summed E-state index contributed by atoms with van der Waals surface area (Å²) < 4.78 is 0. The topological polar surface area (TPSA) is 25.8 Å². The molecule has 2 heterocycles. The molecule has 0 saturated carbocycles. The van der Waals surface area contributed by atoms with Crippen molar-refractivity contribution in [1.82, 2.24) is 9.97 Å². The van der Waals surface area contributed by atoms with E-state index in [0.717, 1.165) is 11.4 Å². The van der Waals surface area contributed by atoms with Crippen molar-refractivity contribution in [3.63, 3.8) is 0 Å². The molecule has 0 fully saturated rings. The molecule has 2 unspecified atom stereocenters. The molecule has 4 heteroatoms. The summed E-state index contributed by atoms with van der Waals surface area (Å²) >= 11 is 0. The van der Waals surface area contributed by atoms with Gasteiger partial charge in [-0.25, -0.2) is 0 Å². The molecular formula is C12H14N2P2. The number of nitrogens with zero attached hydrogens (tertiary/aromatic N) is 2. The van der Waals surface area contributed by atoms with Gasteiger partial charge in [-0.05, 0) is 24.3 Å². The Balaban J connectivity index is 2.20. The third kappa shape index (κ3) is 2.64. The highest BCUT2D eigenvalue weighted by atomic mass is 31.0. The zero-order valence-electron chi connectivity index (χ0n) is 8.82. The molecule has 0 radical (unpaired) electrons. The van der Waals surface area contributed by atoms with Crippen molar-refractivity contribution in [1.29, 1.82) is 0 Å². The van der Waals surface area contributed by atoms with Crippen molar-refractivity contribution in [3.8, 4) is 0 Å². The summed E-state index contributed by atoms with van der Waals surface area (Å²) in [5, 5.41) is 0. The number of rotatable bonds is 3. The van der Waals surface area contributed by atoms with Crippen LogP contribution in [-0.2, 0) is 0 Å². The lowest BCUT2D eigenvalue weighted by atomic mass is 10.1. The Bertz CT molecular complexity index is 390. The molecule has 2 aromatic rings. The molecule has 0 spiro atoms. The van der Waals surface area contributed by atoms with Crippen LogP contribution in [0.1, 0.15) is 22.7 Å². The van der Waals surface area contributed by atoms with Gasteiger partial charge in [0.05, 0.1) is 0 Å². The van der Waals surface area contributed by atoms with Crippen molar-refractivity contribution in [2.75, 3.05) is 0 Å². The largest absolute Gasteiger partial charge is 0.261 e. The van der Waals surface area contributed by atoms with Crippen molar-refractivity contribution < 1.29 is 0 Å². The van der Waals surface area contributed by atoms with Gasteiger partial charge in [-0.3, -0.25) is 9.97 Å². The first-order valence-electron chi connectivity index (χ1n) is 5.12. The average molecular weight is 248 g/mol. The molecule has 0 aliphatic heterocycles. The lowest BCUT2D eigenvalue weighted by molar-refractivity contribution is 0.838. The van der Waals surface area contributed by atoms with E-state index in [2.05, 4.69) is 28.4 Å². The predicted molar refractivity (Wildman–Crippen MR) is 73.4 cm³/mol. The van der Waals surface area contributed by atoms with E-state index < -0.39 is 0 Å². The van der Waals surface area contributed by atoms with Crippen LogP contribution in [-0.4, -0.2) is 9.97 Å². The van der Waals surface area contributed by atoms with Crippen molar-refractivity contribution >= 4 is 18.5 Å². The van der Waals surface area contributed by atoms with E-state index in [1.165, 1.54) is 0 Å². The fourth-order valence-electron chi connectivity index (χ4n) is 1.51. The highest BCUT2D eigenvalue weighted by Crippen LogP contribution is 2.40. The van der Waals surface area contributed by atoms with Gasteiger partial charge in [0.1, 0.15) is 0 Å². The van der Waals surface area contributed by atoms with E-state index in [9.17, 15) is 0 Å². The van der Waals surface area contributed by atoms with Gasteiger partial charge in [0.25, 0.3) is 0 Å². The van der Waals surface area contributed by atoms with E-state index in [4.69, 9.17) is 0 Å². The summed E-state index contributed by atoms with van der Waals surface area (Å²) in [4.78, 5) is 8.73. The Hall–Kier alpha value is -0.840. The average Bonchev–Trinajstić information content (AvgIpc) is 2.39. The molecule has 0 aliphatic carbocycles. The molecule has 0 N–H and O–H groups in total. The Morgan fingerprint density at radius 1 is 0.750 bits per heavy atom. The van der Waals surface area contributed by atoms with Crippen LogP contribution < -0.4 is 0 Å². The van der Waals surface area contributed by atoms with Crippen LogP contribution in [0.5, 0.6) is 0 Å². The Morgan fingerprint density at radius 2 is 1.19 bits per heavy atom. The monoisotopic (exact) mass is 248 g/mol. The number of aromatic nitrogens is 2. The molecule has 0 saturated heterocycles. The zero-order chi connectivity index (χ0) is 11.4. The van der Waals surface area contributed by atoms with Gasteiger partial charge in [-0.1, -0.05) is 12.1 Å². The number of pyridine rings is 2. The van der Waals surface area contributed by atoms with Crippen LogP contribution in [0.3, 0.4) is 0 Å². The fourth-order valence-corrected chi connectivity index (χ4v) is 2.30. The van der Waals surface area contributed by atoms with E-state index in [1.54, 1.807) is 0 Å². The van der Waals surface area contributed by atoms with Crippen molar-refractivity contribution in [2.45, 2.75) is 11.3 Å². The van der Waals surface area contributed by atoms with Crippen LogP contribution in [0.2, 0.25) is 0 Å². The molecule has 4 atom stereocenters. The van der Waals surface area contributed by atoms with Crippen LogP contribution in [0.4, 0.5) is 0 Å². The smallest absolute Gasteiger partial charge is 0.0482 e. The maximum atomic E-state index is 4.36. The second-order valence-electron chi connectivity index (χ2n) is 3.56. The zero-order valence-corrected chi connectivity index (χ0v) is 11.1. The quantitative estimate of drug-likeness (QED) is 0.780. The van der Waals surface area contributed by atoms with E-state index >= 15 is 0 Å². The van der Waals surface area contributed by atoms with E-state index in [1.807, 2.05) is 48.8 Å². The van der Waals surface area contributed by atoms with Gasteiger partial charge < -0.3 is 0 Å². The fraction of sp³-hybridized carbons (Fsp3) is 0.167. The van der Waals surface area contributed by atoms with Gasteiger partial charge in [0.15, 0.2) is 0 Å². The molecule has 0 aromatic carbocycles. The molecule has 16 heavy (non-hydrogen) atoms. The third-order valence-corrected chi connectivity index (χ3v) is 4.40. The maximum absolute atomic E-state index is 4.36. The molecule has 0 bridgehead atoms. The van der Waals surface area contributed by atoms with Gasteiger partial charge >= 0.3 is 0 Å². The lowest BCUT2D eigenvalue weighted by Gasteiger charge is -2.18. The molecule has 2 nitrogen and oxygen atoms in total. The minimum atomic E-state index is 0.265. The molecule has 2 aromatic heterocycles. The van der Waals surface area contributed by atoms with Gasteiger partial charge in [0.2, 0.25) is 0 Å². The lowest BCUT2D eigenvalue weighted by Crippen LogP contribution is -2.02. The number of hydrogen-bond acceptors (Lipinski definition) is 2. The molecular weight excluding hydrogens is 234 g/mol. The highest BCUT2D eigenvalue weighted by Gasteiger charge is 2.18. The minimum absolute atomic E-state index is 0.265. The van der Waals surface area contributed by atoms with Crippen LogP contribution in [0, 0.1) is 0 Å².